The summed E-state index contributed by atoms with van der Waals surface area (Å²) in [6.45, 7) is 1.79. The molecule has 0 atom stereocenters. The Morgan fingerprint density at radius 2 is 2.60 bits per heavy atom. The summed E-state index contributed by atoms with van der Waals surface area (Å²) in [6.07, 6.45) is 0. The highest BCUT2D eigenvalue weighted by molar-refractivity contribution is 8.02. The lowest BCUT2D eigenvalue weighted by atomic mass is 10.4. The zero-order valence-corrected chi connectivity index (χ0v) is 6.31. The maximum Gasteiger partial charge on any atom is 0.351 e. The molecule has 0 aliphatic carbocycles. The number of aliphatic carboxylic acids is 1. The first-order valence-electron chi connectivity index (χ1n) is 2.79. The lowest BCUT2D eigenvalue weighted by Crippen LogP contribution is -2.16. The Kier molecular flexibility index (Phi) is 2.11. The van der Waals surface area contributed by atoms with E-state index in [0.29, 0.717) is 5.75 Å². The smallest absolute Gasteiger partial charge is 0.351 e. The van der Waals surface area contributed by atoms with Gasteiger partial charge in [0.15, 0.2) is 0 Å². The van der Waals surface area contributed by atoms with Gasteiger partial charge >= 0.3 is 5.97 Å². The normalized spacial score (nSPS) is 17.7. The average Bonchev–Trinajstić information content (AvgIpc) is 1.88. The predicted molar refractivity (Wildman–Crippen MR) is 41.3 cm³/mol. The van der Waals surface area contributed by atoms with Gasteiger partial charge in [-0.3, -0.25) is 0 Å². The first kappa shape index (κ1) is 7.34. The highest BCUT2D eigenvalue weighted by Crippen LogP contribution is 2.14. The minimum absolute atomic E-state index is 0.241. The molecule has 0 aromatic rings. The van der Waals surface area contributed by atoms with Crippen molar-refractivity contribution in [1.82, 2.24) is 0 Å². The summed E-state index contributed by atoms with van der Waals surface area (Å²) in [5.74, 6) is -0.438. The first-order chi connectivity index (χ1) is 4.70. The summed E-state index contributed by atoms with van der Waals surface area (Å²) in [6, 6.07) is 0. The number of thioether (sulfide) groups is 1. The topological polar surface area (TPSA) is 49.7 Å². The van der Waals surface area contributed by atoms with Gasteiger partial charge in [0, 0.05) is 11.4 Å². The molecule has 3 nitrogen and oxygen atoms in total. The average molecular weight is 157 g/mol. The van der Waals surface area contributed by atoms with Gasteiger partial charge in [0.25, 0.3) is 0 Å². The van der Waals surface area contributed by atoms with Crippen molar-refractivity contribution < 1.29 is 9.90 Å². The summed E-state index contributed by atoms with van der Waals surface area (Å²) in [5.41, 5.74) is 1.01. The third-order valence-corrected chi connectivity index (χ3v) is 1.98. The van der Waals surface area contributed by atoms with Gasteiger partial charge in [-0.25, -0.2) is 9.79 Å². The zero-order valence-electron chi connectivity index (χ0n) is 5.50. The van der Waals surface area contributed by atoms with Gasteiger partial charge in [-0.15, -0.1) is 11.8 Å². The lowest BCUT2D eigenvalue weighted by Gasteiger charge is -2.04. The Hall–Kier alpha value is -0.770. The van der Waals surface area contributed by atoms with Crippen LogP contribution in [0.5, 0.6) is 0 Å². The standard InChI is InChI=1S/C6H7NO2S/c1-4-2-10-3-5(7-4)6(8)9/h2H,3H2,1H3,(H,8,9). The van der Waals surface area contributed by atoms with Crippen LogP contribution in [-0.2, 0) is 4.79 Å². The number of nitrogens with zero attached hydrogens (tertiary/aromatic N) is 1. The van der Waals surface area contributed by atoms with Crippen molar-refractivity contribution in [3.8, 4) is 0 Å². The maximum atomic E-state index is 10.3. The molecule has 0 saturated carbocycles. The molecule has 1 aliphatic heterocycles. The molecular weight excluding hydrogens is 150 g/mol. The molecule has 1 aliphatic rings. The van der Waals surface area contributed by atoms with Crippen LogP contribution in [0.4, 0.5) is 0 Å². The van der Waals surface area contributed by atoms with E-state index < -0.39 is 5.97 Å². The Balaban J connectivity index is 2.78. The van der Waals surface area contributed by atoms with Gasteiger partial charge in [0.05, 0.1) is 0 Å². The summed E-state index contributed by atoms with van der Waals surface area (Å²) in [7, 11) is 0. The number of carboxylic acid groups (broad SMARTS) is 1. The van der Waals surface area contributed by atoms with E-state index in [9.17, 15) is 4.79 Å². The summed E-state index contributed by atoms with van der Waals surface area (Å²) in [5, 5.41) is 10.3. The molecule has 0 unspecified atom stereocenters. The third kappa shape index (κ3) is 1.60. The molecule has 0 fully saturated rings. The van der Waals surface area contributed by atoms with Gasteiger partial charge in [-0.05, 0) is 12.3 Å². The fourth-order valence-electron chi connectivity index (χ4n) is 0.622. The van der Waals surface area contributed by atoms with E-state index in [-0.39, 0.29) is 5.71 Å². The van der Waals surface area contributed by atoms with Gasteiger partial charge < -0.3 is 5.11 Å². The van der Waals surface area contributed by atoms with Gasteiger partial charge in [0.2, 0.25) is 0 Å². The summed E-state index contributed by atoms with van der Waals surface area (Å²) < 4.78 is 0. The second kappa shape index (κ2) is 2.88. The van der Waals surface area contributed by atoms with Crippen molar-refractivity contribution in [2.75, 3.05) is 5.75 Å². The monoisotopic (exact) mass is 157 g/mol. The third-order valence-electron chi connectivity index (χ3n) is 1.03. The second-order valence-corrected chi connectivity index (χ2v) is 2.79. The van der Waals surface area contributed by atoms with Crippen molar-refractivity contribution in [3.63, 3.8) is 0 Å². The first-order valence-corrected chi connectivity index (χ1v) is 3.84. The van der Waals surface area contributed by atoms with E-state index in [4.69, 9.17) is 5.11 Å². The van der Waals surface area contributed by atoms with E-state index in [1.54, 1.807) is 6.92 Å². The molecular formula is C6H7NO2S. The second-order valence-electron chi connectivity index (χ2n) is 1.93. The van der Waals surface area contributed by atoms with Crippen LogP contribution in [0.25, 0.3) is 0 Å². The Morgan fingerprint density at radius 1 is 1.90 bits per heavy atom. The fraction of sp³-hybridized carbons (Fsp3) is 0.333. The molecule has 1 heterocycles. The van der Waals surface area contributed by atoms with Crippen LogP contribution in [0.1, 0.15) is 6.92 Å². The van der Waals surface area contributed by atoms with Crippen LogP contribution in [0.3, 0.4) is 0 Å². The number of hydrogen-bond acceptors (Lipinski definition) is 3. The van der Waals surface area contributed by atoms with Crippen molar-refractivity contribution in [1.29, 1.82) is 0 Å². The highest BCUT2D eigenvalue weighted by Gasteiger charge is 2.11. The fourth-order valence-corrected chi connectivity index (χ4v) is 1.35. The van der Waals surface area contributed by atoms with Crippen molar-refractivity contribution in [2.24, 2.45) is 4.99 Å². The van der Waals surface area contributed by atoms with Crippen molar-refractivity contribution >= 4 is 23.4 Å². The maximum absolute atomic E-state index is 10.3. The molecule has 0 aromatic heterocycles. The SMILES string of the molecule is CC1=CSCC(C(=O)O)=N1. The Morgan fingerprint density at radius 3 is 3.00 bits per heavy atom. The minimum atomic E-state index is -0.917. The number of carboxylic acids is 1. The highest BCUT2D eigenvalue weighted by atomic mass is 32.2. The van der Waals surface area contributed by atoms with Crippen LogP contribution in [-0.4, -0.2) is 22.5 Å². The molecule has 0 bridgehead atoms. The van der Waals surface area contributed by atoms with E-state index in [2.05, 4.69) is 4.99 Å². The number of rotatable bonds is 1. The molecule has 10 heavy (non-hydrogen) atoms. The van der Waals surface area contributed by atoms with E-state index in [1.807, 2.05) is 5.41 Å². The van der Waals surface area contributed by atoms with Gasteiger partial charge in [-0.1, -0.05) is 0 Å². The lowest BCUT2D eigenvalue weighted by molar-refractivity contribution is -0.129. The largest absolute Gasteiger partial charge is 0.477 e. The Bertz CT molecular complexity index is 220. The number of aliphatic imine (C=N–C) groups is 1. The van der Waals surface area contributed by atoms with Crippen LogP contribution in [0.2, 0.25) is 0 Å². The molecule has 0 saturated heterocycles. The molecule has 54 valence electrons. The minimum Gasteiger partial charge on any atom is -0.477 e. The molecule has 0 aromatic carbocycles. The number of hydrogen-bond donors (Lipinski definition) is 1. The summed E-state index contributed by atoms with van der Waals surface area (Å²) in [4.78, 5) is 14.2. The molecule has 1 N–H and O–H groups in total. The van der Waals surface area contributed by atoms with Crippen molar-refractivity contribution in [3.05, 3.63) is 11.1 Å². The molecule has 4 heteroatoms. The van der Waals surface area contributed by atoms with Crippen LogP contribution < -0.4 is 0 Å². The number of allylic oxidation sites excluding steroid dienone is 1. The molecule has 0 spiro atoms. The van der Waals surface area contributed by atoms with E-state index in [0.717, 1.165) is 5.70 Å². The van der Waals surface area contributed by atoms with E-state index >= 15 is 0 Å². The van der Waals surface area contributed by atoms with Crippen molar-refractivity contribution in [2.45, 2.75) is 6.92 Å². The van der Waals surface area contributed by atoms with Gasteiger partial charge in [0.1, 0.15) is 5.71 Å². The summed E-state index contributed by atoms with van der Waals surface area (Å²) >= 11 is 1.47. The zero-order chi connectivity index (χ0) is 7.56. The van der Waals surface area contributed by atoms with E-state index in [1.165, 1.54) is 11.8 Å². The Labute approximate surface area is 62.8 Å². The van der Waals surface area contributed by atoms with Crippen LogP contribution in [0, 0.1) is 0 Å². The van der Waals surface area contributed by atoms with Crippen LogP contribution >= 0.6 is 11.8 Å². The molecule has 1 rings (SSSR count). The quantitative estimate of drug-likeness (QED) is 0.620. The molecule has 0 amide bonds. The van der Waals surface area contributed by atoms with Crippen LogP contribution in [0.15, 0.2) is 16.1 Å². The predicted octanol–water partition coefficient (Wildman–Crippen LogP) is 1.12. The number of carbonyl (C=O) groups is 1. The molecule has 0 radical (unpaired) electrons. The van der Waals surface area contributed by atoms with Gasteiger partial charge in [-0.2, -0.15) is 0 Å².